The highest BCUT2D eigenvalue weighted by Crippen LogP contribution is 2.23. The molecule has 72 valence electrons. The third kappa shape index (κ3) is 1.67. The van der Waals surface area contributed by atoms with Crippen molar-refractivity contribution in [1.82, 2.24) is 0 Å². The summed E-state index contributed by atoms with van der Waals surface area (Å²) in [4.78, 5) is 10.8. The Morgan fingerprint density at radius 3 is 2.64 bits per heavy atom. The van der Waals surface area contributed by atoms with Crippen LogP contribution in [0.3, 0.4) is 0 Å². The highest BCUT2D eigenvalue weighted by Gasteiger charge is 2.15. The van der Waals surface area contributed by atoms with E-state index in [1.165, 1.54) is 6.07 Å². The molecule has 0 radical (unpaired) electrons. The Morgan fingerprint density at radius 1 is 1.57 bits per heavy atom. The number of hydrogen-bond acceptors (Lipinski definition) is 3. The Kier molecular flexibility index (Phi) is 2.73. The van der Waals surface area contributed by atoms with Gasteiger partial charge in [0.25, 0.3) is 0 Å². The van der Waals surface area contributed by atoms with Crippen molar-refractivity contribution in [3.8, 4) is 11.8 Å². The molecular weight excluding hydrogens is 182 g/mol. The predicted octanol–water partition coefficient (Wildman–Crippen LogP) is 1.52. The number of hydrogen-bond donors (Lipinski definition) is 2. The molecule has 0 aliphatic carbocycles. The minimum absolute atomic E-state index is 0.119. The SMILES string of the molecule is CCc1cc(C#N)cc(O)c1C(=O)O. The fourth-order valence-electron chi connectivity index (χ4n) is 1.28. The topological polar surface area (TPSA) is 81.3 Å². The molecule has 0 saturated carbocycles. The molecule has 0 heterocycles. The lowest BCUT2D eigenvalue weighted by Gasteiger charge is -2.05. The fraction of sp³-hybridized carbons (Fsp3) is 0.200. The molecule has 1 rings (SSSR count). The van der Waals surface area contributed by atoms with Gasteiger partial charge in [-0.3, -0.25) is 0 Å². The Labute approximate surface area is 81.0 Å². The Bertz CT molecular complexity index is 418. The zero-order valence-corrected chi connectivity index (χ0v) is 7.61. The number of aromatic carboxylic acids is 1. The van der Waals surface area contributed by atoms with Gasteiger partial charge in [-0.05, 0) is 24.1 Å². The standard InChI is InChI=1S/C10H9NO3/c1-2-7-3-6(5-11)4-8(12)9(7)10(13)14/h3-4,12H,2H2,1H3,(H,13,14). The number of rotatable bonds is 2. The second-order valence-electron chi connectivity index (χ2n) is 2.80. The quantitative estimate of drug-likeness (QED) is 0.742. The summed E-state index contributed by atoms with van der Waals surface area (Å²) < 4.78 is 0. The van der Waals surface area contributed by atoms with Crippen LogP contribution in [0.4, 0.5) is 0 Å². The molecule has 2 N–H and O–H groups in total. The van der Waals surface area contributed by atoms with E-state index in [1.54, 1.807) is 6.92 Å². The molecule has 0 fully saturated rings. The van der Waals surface area contributed by atoms with Gasteiger partial charge in [-0.15, -0.1) is 0 Å². The lowest BCUT2D eigenvalue weighted by molar-refractivity contribution is 0.0692. The molecular formula is C10H9NO3. The van der Waals surface area contributed by atoms with Crippen LogP contribution in [-0.2, 0) is 6.42 Å². The minimum atomic E-state index is -1.18. The van der Waals surface area contributed by atoms with Crippen LogP contribution in [-0.4, -0.2) is 16.2 Å². The zero-order valence-electron chi connectivity index (χ0n) is 7.61. The molecule has 4 nitrogen and oxygen atoms in total. The summed E-state index contributed by atoms with van der Waals surface area (Å²) in [7, 11) is 0. The molecule has 1 aromatic rings. The van der Waals surface area contributed by atoms with E-state index in [0.717, 1.165) is 6.07 Å². The summed E-state index contributed by atoms with van der Waals surface area (Å²) >= 11 is 0. The van der Waals surface area contributed by atoms with Crippen molar-refractivity contribution in [2.45, 2.75) is 13.3 Å². The number of nitrogens with zero attached hydrogens (tertiary/aromatic N) is 1. The van der Waals surface area contributed by atoms with Gasteiger partial charge in [0.05, 0.1) is 11.6 Å². The number of benzene rings is 1. The highest BCUT2D eigenvalue weighted by atomic mass is 16.4. The summed E-state index contributed by atoms with van der Waals surface area (Å²) in [5.74, 6) is -1.53. The Balaban J connectivity index is 3.44. The summed E-state index contributed by atoms with van der Waals surface area (Å²) in [5.41, 5.74) is 0.616. The van der Waals surface area contributed by atoms with Crippen LogP contribution in [0, 0.1) is 11.3 Å². The Morgan fingerprint density at radius 2 is 2.21 bits per heavy atom. The fourth-order valence-corrected chi connectivity index (χ4v) is 1.28. The van der Waals surface area contributed by atoms with E-state index in [1.807, 2.05) is 6.07 Å². The van der Waals surface area contributed by atoms with E-state index < -0.39 is 5.97 Å². The zero-order chi connectivity index (χ0) is 10.7. The van der Waals surface area contributed by atoms with Gasteiger partial charge in [0.15, 0.2) is 0 Å². The molecule has 0 bridgehead atoms. The largest absolute Gasteiger partial charge is 0.507 e. The number of aryl methyl sites for hydroxylation is 1. The number of carboxylic acids is 1. The normalized spacial score (nSPS) is 9.43. The van der Waals surface area contributed by atoms with Gasteiger partial charge >= 0.3 is 5.97 Å². The molecule has 0 amide bonds. The maximum Gasteiger partial charge on any atom is 0.339 e. The number of phenols is 1. The van der Waals surface area contributed by atoms with E-state index in [0.29, 0.717) is 12.0 Å². The molecule has 14 heavy (non-hydrogen) atoms. The molecule has 0 aliphatic rings. The van der Waals surface area contributed by atoms with Crippen molar-refractivity contribution in [3.63, 3.8) is 0 Å². The minimum Gasteiger partial charge on any atom is -0.507 e. The lowest BCUT2D eigenvalue weighted by Crippen LogP contribution is -2.02. The molecule has 0 aliphatic heterocycles. The van der Waals surface area contributed by atoms with Gasteiger partial charge in [-0.2, -0.15) is 5.26 Å². The van der Waals surface area contributed by atoms with E-state index in [9.17, 15) is 9.90 Å². The number of carboxylic acid groups (broad SMARTS) is 1. The van der Waals surface area contributed by atoms with Gasteiger partial charge in [0.2, 0.25) is 0 Å². The predicted molar refractivity (Wildman–Crippen MR) is 49.2 cm³/mol. The number of nitriles is 1. The maximum atomic E-state index is 10.8. The van der Waals surface area contributed by atoms with E-state index in [-0.39, 0.29) is 16.9 Å². The van der Waals surface area contributed by atoms with Crippen LogP contribution in [0.5, 0.6) is 5.75 Å². The monoisotopic (exact) mass is 191 g/mol. The van der Waals surface area contributed by atoms with Crippen LogP contribution in [0.25, 0.3) is 0 Å². The first-order valence-electron chi connectivity index (χ1n) is 4.09. The molecule has 0 atom stereocenters. The van der Waals surface area contributed by atoms with Crippen LogP contribution in [0.2, 0.25) is 0 Å². The first-order chi connectivity index (χ1) is 6.60. The van der Waals surface area contributed by atoms with Crippen LogP contribution in [0.1, 0.15) is 28.4 Å². The van der Waals surface area contributed by atoms with Crippen molar-refractivity contribution < 1.29 is 15.0 Å². The van der Waals surface area contributed by atoms with Gasteiger partial charge in [0, 0.05) is 0 Å². The summed E-state index contributed by atoms with van der Waals surface area (Å²) in [6, 6.07) is 4.49. The second kappa shape index (κ2) is 3.79. The van der Waals surface area contributed by atoms with E-state index >= 15 is 0 Å². The smallest absolute Gasteiger partial charge is 0.339 e. The van der Waals surface area contributed by atoms with E-state index in [2.05, 4.69) is 0 Å². The van der Waals surface area contributed by atoms with Gasteiger partial charge in [0.1, 0.15) is 11.3 Å². The van der Waals surface area contributed by atoms with Crippen LogP contribution in [0.15, 0.2) is 12.1 Å². The Hall–Kier alpha value is -2.02. The first kappa shape index (κ1) is 10.1. The van der Waals surface area contributed by atoms with Gasteiger partial charge < -0.3 is 10.2 Å². The van der Waals surface area contributed by atoms with Crippen molar-refractivity contribution in [2.24, 2.45) is 0 Å². The molecule has 0 unspecified atom stereocenters. The molecule has 1 aromatic carbocycles. The van der Waals surface area contributed by atoms with Crippen LogP contribution >= 0.6 is 0 Å². The molecule has 4 heteroatoms. The number of aromatic hydroxyl groups is 1. The third-order valence-corrected chi connectivity index (χ3v) is 1.92. The van der Waals surface area contributed by atoms with E-state index in [4.69, 9.17) is 10.4 Å². The average Bonchev–Trinajstić information content (AvgIpc) is 2.15. The van der Waals surface area contributed by atoms with Crippen molar-refractivity contribution in [2.75, 3.05) is 0 Å². The molecule has 0 spiro atoms. The summed E-state index contributed by atoms with van der Waals surface area (Å²) in [5, 5.41) is 26.8. The van der Waals surface area contributed by atoms with Crippen molar-refractivity contribution >= 4 is 5.97 Å². The third-order valence-electron chi connectivity index (χ3n) is 1.92. The molecule has 0 aromatic heterocycles. The van der Waals surface area contributed by atoms with Gasteiger partial charge in [-0.1, -0.05) is 6.92 Å². The first-order valence-corrected chi connectivity index (χ1v) is 4.09. The second-order valence-corrected chi connectivity index (χ2v) is 2.80. The van der Waals surface area contributed by atoms with Gasteiger partial charge in [-0.25, -0.2) is 4.79 Å². The average molecular weight is 191 g/mol. The summed E-state index contributed by atoms with van der Waals surface area (Å²) in [6.45, 7) is 1.77. The maximum absolute atomic E-state index is 10.8. The number of carbonyl (C=O) groups is 1. The molecule has 0 saturated heterocycles. The van der Waals surface area contributed by atoms with Crippen LogP contribution < -0.4 is 0 Å². The van der Waals surface area contributed by atoms with Crippen molar-refractivity contribution in [1.29, 1.82) is 5.26 Å². The highest BCUT2D eigenvalue weighted by molar-refractivity contribution is 5.92. The summed E-state index contributed by atoms with van der Waals surface area (Å²) in [6.07, 6.45) is 0.463. The lowest BCUT2D eigenvalue weighted by atomic mass is 10.0. The van der Waals surface area contributed by atoms with Crippen molar-refractivity contribution in [3.05, 3.63) is 28.8 Å².